The molecule has 1 aromatic rings. The lowest BCUT2D eigenvalue weighted by Gasteiger charge is -2.39. The first-order valence-corrected chi connectivity index (χ1v) is 8.95. The second kappa shape index (κ2) is 5.85. The van der Waals surface area contributed by atoms with Crippen LogP contribution in [0.15, 0.2) is 0 Å². The smallest absolute Gasteiger partial charge is 0.142 e. The van der Waals surface area contributed by atoms with Crippen molar-refractivity contribution >= 4 is 12.0 Å². The van der Waals surface area contributed by atoms with Crippen LogP contribution in [0, 0.1) is 20.8 Å². The van der Waals surface area contributed by atoms with Gasteiger partial charge in [-0.3, -0.25) is 0 Å². The van der Waals surface area contributed by atoms with Crippen molar-refractivity contribution in [1.82, 2.24) is 0 Å². The first-order chi connectivity index (χ1) is 10.9. The Morgan fingerprint density at radius 1 is 1.26 bits per heavy atom. The number of hydrogen-bond acceptors (Lipinski definition) is 3. The summed E-state index contributed by atoms with van der Waals surface area (Å²) in [5, 5.41) is 0. The monoisotopic (exact) mass is 315 g/mol. The SMILES string of the molecule is CCC1(C)CCc2c(C)c(N3CCC[C@H]3C=O)c(C)c(C)c2O1. The summed E-state index contributed by atoms with van der Waals surface area (Å²) in [6.45, 7) is 12.0. The topological polar surface area (TPSA) is 29.5 Å². The number of carbonyl (C=O) groups is 1. The molecule has 1 unspecified atom stereocenters. The average molecular weight is 315 g/mol. The first-order valence-electron chi connectivity index (χ1n) is 8.95. The van der Waals surface area contributed by atoms with E-state index in [4.69, 9.17) is 4.74 Å². The standard InChI is InChI=1S/C20H29NO2/c1-6-20(5)10-9-17-15(4)18(13(2)14(3)19(17)23-20)21-11-7-8-16(21)12-22/h12,16H,6-11H2,1-5H3/t16-,20?/m0/s1. The van der Waals surface area contributed by atoms with Crippen LogP contribution in [-0.2, 0) is 11.2 Å². The van der Waals surface area contributed by atoms with Crippen molar-refractivity contribution in [3.63, 3.8) is 0 Å². The maximum absolute atomic E-state index is 11.4. The minimum absolute atomic E-state index is 0.0373. The molecule has 3 nitrogen and oxygen atoms in total. The van der Waals surface area contributed by atoms with Gasteiger partial charge in [-0.2, -0.15) is 0 Å². The molecule has 3 rings (SSSR count). The van der Waals surface area contributed by atoms with E-state index in [1.54, 1.807) is 0 Å². The summed E-state index contributed by atoms with van der Waals surface area (Å²) in [5.74, 6) is 1.10. The van der Waals surface area contributed by atoms with Gasteiger partial charge in [-0.25, -0.2) is 0 Å². The number of nitrogens with zero attached hydrogens (tertiary/aromatic N) is 1. The molecular formula is C20H29NO2. The predicted molar refractivity (Wildman–Crippen MR) is 94.7 cm³/mol. The van der Waals surface area contributed by atoms with E-state index in [0.717, 1.165) is 50.7 Å². The highest BCUT2D eigenvalue weighted by Gasteiger charge is 2.35. The Kier molecular flexibility index (Phi) is 4.16. The number of ether oxygens (including phenoxy) is 1. The molecule has 23 heavy (non-hydrogen) atoms. The quantitative estimate of drug-likeness (QED) is 0.780. The first kappa shape index (κ1) is 16.4. The Morgan fingerprint density at radius 2 is 2.00 bits per heavy atom. The number of benzene rings is 1. The van der Waals surface area contributed by atoms with Crippen molar-refractivity contribution in [2.24, 2.45) is 0 Å². The number of hydrogen-bond donors (Lipinski definition) is 0. The molecule has 2 atom stereocenters. The lowest BCUT2D eigenvalue weighted by atomic mass is 9.85. The molecule has 126 valence electrons. The molecule has 0 amide bonds. The van der Waals surface area contributed by atoms with Crippen molar-refractivity contribution in [3.05, 3.63) is 22.3 Å². The minimum Gasteiger partial charge on any atom is -0.487 e. The molecular weight excluding hydrogens is 286 g/mol. The number of fused-ring (bicyclic) bond motifs is 1. The van der Waals surface area contributed by atoms with Crippen LogP contribution in [0.1, 0.15) is 61.8 Å². The third kappa shape index (κ3) is 2.54. The molecule has 0 aliphatic carbocycles. The van der Waals surface area contributed by atoms with E-state index in [-0.39, 0.29) is 11.6 Å². The molecule has 0 spiro atoms. The van der Waals surface area contributed by atoms with Gasteiger partial charge in [0, 0.05) is 12.2 Å². The van der Waals surface area contributed by atoms with Crippen LogP contribution >= 0.6 is 0 Å². The second-order valence-corrected chi connectivity index (χ2v) is 7.48. The molecule has 0 N–H and O–H groups in total. The molecule has 2 heterocycles. The maximum Gasteiger partial charge on any atom is 0.142 e. The van der Waals surface area contributed by atoms with Crippen molar-refractivity contribution in [2.75, 3.05) is 11.4 Å². The highest BCUT2D eigenvalue weighted by atomic mass is 16.5. The van der Waals surface area contributed by atoms with Crippen LogP contribution in [0.25, 0.3) is 0 Å². The summed E-state index contributed by atoms with van der Waals surface area (Å²) < 4.78 is 6.44. The fourth-order valence-corrected chi connectivity index (χ4v) is 4.19. The van der Waals surface area contributed by atoms with Crippen molar-refractivity contribution in [3.8, 4) is 5.75 Å². The van der Waals surface area contributed by atoms with E-state index in [1.165, 1.54) is 27.9 Å². The van der Waals surface area contributed by atoms with E-state index in [1.807, 2.05) is 0 Å². The summed E-state index contributed by atoms with van der Waals surface area (Å²) in [4.78, 5) is 13.8. The normalized spacial score (nSPS) is 26.8. The van der Waals surface area contributed by atoms with Gasteiger partial charge in [0.25, 0.3) is 0 Å². The zero-order valence-corrected chi connectivity index (χ0v) is 15.2. The average Bonchev–Trinajstić information content (AvgIpc) is 3.01. The molecule has 1 aromatic carbocycles. The molecule has 3 heteroatoms. The lowest BCUT2D eigenvalue weighted by molar-refractivity contribution is -0.108. The molecule has 0 saturated carbocycles. The Balaban J connectivity index is 2.11. The van der Waals surface area contributed by atoms with Crippen LogP contribution in [0.2, 0.25) is 0 Å². The van der Waals surface area contributed by atoms with E-state index in [0.29, 0.717) is 0 Å². The van der Waals surface area contributed by atoms with Crippen LogP contribution in [0.5, 0.6) is 5.75 Å². The van der Waals surface area contributed by atoms with Gasteiger partial charge in [-0.05, 0) is 82.1 Å². The molecule has 0 bridgehead atoms. The number of carbonyl (C=O) groups excluding carboxylic acids is 1. The van der Waals surface area contributed by atoms with Gasteiger partial charge in [-0.1, -0.05) is 6.92 Å². The number of aldehydes is 1. The van der Waals surface area contributed by atoms with Gasteiger partial charge in [0.1, 0.15) is 17.6 Å². The fourth-order valence-electron chi connectivity index (χ4n) is 4.19. The van der Waals surface area contributed by atoms with Gasteiger partial charge in [0.2, 0.25) is 0 Å². The Morgan fingerprint density at radius 3 is 2.65 bits per heavy atom. The third-order valence-electron chi connectivity index (χ3n) is 6.08. The van der Waals surface area contributed by atoms with Crippen LogP contribution in [0.3, 0.4) is 0 Å². The van der Waals surface area contributed by atoms with E-state index >= 15 is 0 Å². The molecule has 0 aromatic heterocycles. The zero-order chi connectivity index (χ0) is 16.8. The van der Waals surface area contributed by atoms with Crippen LogP contribution < -0.4 is 9.64 Å². The molecule has 1 saturated heterocycles. The lowest BCUT2D eigenvalue weighted by Crippen LogP contribution is -2.37. The summed E-state index contributed by atoms with van der Waals surface area (Å²) >= 11 is 0. The van der Waals surface area contributed by atoms with Gasteiger partial charge < -0.3 is 14.4 Å². The van der Waals surface area contributed by atoms with E-state index in [2.05, 4.69) is 39.5 Å². The number of rotatable bonds is 3. The molecule has 0 radical (unpaired) electrons. The highest BCUT2D eigenvalue weighted by Crippen LogP contribution is 2.45. The fraction of sp³-hybridized carbons (Fsp3) is 0.650. The van der Waals surface area contributed by atoms with Crippen molar-refractivity contribution in [1.29, 1.82) is 0 Å². The third-order valence-corrected chi connectivity index (χ3v) is 6.08. The summed E-state index contributed by atoms with van der Waals surface area (Å²) in [5.41, 5.74) is 6.42. The van der Waals surface area contributed by atoms with E-state index < -0.39 is 0 Å². The van der Waals surface area contributed by atoms with Crippen molar-refractivity contribution in [2.45, 2.75) is 78.4 Å². The van der Waals surface area contributed by atoms with E-state index in [9.17, 15) is 4.79 Å². The summed E-state index contributed by atoms with van der Waals surface area (Å²) in [7, 11) is 0. The molecule has 2 aliphatic heterocycles. The van der Waals surface area contributed by atoms with Crippen LogP contribution in [0.4, 0.5) is 5.69 Å². The highest BCUT2D eigenvalue weighted by molar-refractivity contribution is 5.75. The molecule has 1 fully saturated rings. The summed E-state index contributed by atoms with van der Waals surface area (Å²) in [6, 6.07) is 0.0373. The maximum atomic E-state index is 11.4. The van der Waals surface area contributed by atoms with Crippen molar-refractivity contribution < 1.29 is 9.53 Å². The Labute approximate surface area is 140 Å². The van der Waals surface area contributed by atoms with Gasteiger partial charge in [0.15, 0.2) is 0 Å². The zero-order valence-electron chi connectivity index (χ0n) is 15.2. The molecule has 2 aliphatic rings. The Hall–Kier alpha value is -1.51. The Bertz CT molecular complexity index is 637. The van der Waals surface area contributed by atoms with Crippen LogP contribution in [-0.4, -0.2) is 24.5 Å². The van der Waals surface area contributed by atoms with Gasteiger partial charge >= 0.3 is 0 Å². The predicted octanol–water partition coefficient (Wildman–Crippen LogP) is 4.27. The summed E-state index contributed by atoms with van der Waals surface area (Å²) in [6.07, 6.45) is 6.36. The number of anilines is 1. The van der Waals surface area contributed by atoms with Gasteiger partial charge in [0.05, 0.1) is 6.04 Å². The second-order valence-electron chi connectivity index (χ2n) is 7.48. The minimum atomic E-state index is -0.0445. The largest absolute Gasteiger partial charge is 0.487 e. The van der Waals surface area contributed by atoms with Gasteiger partial charge in [-0.15, -0.1) is 0 Å².